The first kappa shape index (κ1) is 13.8. The predicted molar refractivity (Wildman–Crippen MR) is 85.3 cm³/mol. The Kier molecular flexibility index (Phi) is 5.02. The second-order valence-corrected chi connectivity index (χ2v) is 6.37. The molecule has 0 nitrogen and oxygen atoms in total. The average Bonchev–Trinajstić information content (AvgIpc) is 2.38. The Labute approximate surface area is 126 Å². The third-order valence-corrected chi connectivity index (χ3v) is 4.39. The van der Waals surface area contributed by atoms with Gasteiger partial charge in [-0.15, -0.1) is 0 Å². The third-order valence-electron chi connectivity index (χ3n) is 3.08. The molecular formula is C16H16Br2. The van der Waals surface area contributed by atoms with Crippen LogP contribution in [0.3, 0.4) is 0 Å². The van der Waals surface area contributed by atoms with Crippen molar-refractivity contribution < 1.29 is 0 Å². The highest BCUT2D eigenvalue weighted by Crippen LogP contribution is 2.30. The van der Waals surface area contributed by atoms with E-state index in [0.717, 1.165) is 17.3 Å². The Morgan fingerprint density at radius 1 is 1.06 bits per heavy atom. The van der Waals surface area contributed by atoms with Crippen LogP contribution in [0.15, 0.2) is 53.0 Å². The van der Waals surface area contributed by atoms with Crippen molar-refractivity contribution in [3.05, 3.63) is 69.7 Å². The third kappa shape index (κ3) is 3.46. The lowest BCUT2D eigenvalue weighted by Gasteiger charge is -2.14. The first-order valence-corrected chi connectivity index (χ1v) is 7.88. The Hall–Kier alpha value is -0.600. The first-order chi connectivity index (χ1) is 8.70. The molecule has 0 aromatic heterocycles. The van der Waals surface area contributed by atoms with Crippen molar-refractivity contribution in [2.24, 2.45) is 0 Å². The normalized spacial score (nSPS) is 12.4. The zero-order valence-electron chi connectivity index (χ0n) is 10.4. The van der Waals surface area contributed by atoms with Gasteiger partial charge in [0.25, 0.3) is 0 Å². The predicted octanol–water partition coefficient (Wildman–Crippen LogP) is 5.69. The molecule has 1 atom stereocenters. The number of halogens is 2. The van der Waals surface area contributed by atoms with Gasteiger partial charge in [0.15, 0.2) is 0 Å². The topological polar surface area (TPSA) is 0 Å². The van der Waals surface area contributed by atoms with Gasteiger partial charge in [0.05, 0.1) is 0 Å². The molecule has 0 radical (unpaired) electrons. The summed E-state index contributed by atoms with van der Waals surface area (Å²) in [7, 11) is 0. The number of alkyl halides is 1. The quantitative estimate of drug-likeness (QED) is 0.609. The van der Waals surface area contributed by atoms with Crippen LogP contribution in [0.5, 0.6) is 0 Å². The monoisotopic (exact) mass is 366 g/mol. The summed E-state index contributed by atoms with van der Waals surface area (Å²) in [5, 5.41) is 0. The zero-order chi connectivity index (χ0) is 13.0. The van der Waals surface area contributed by atoms with Gasteiger partial charge in [-0.2, -0.15) is 0 Å². The number of benzene rings is 2. The second-order valence-electron chi connectivity index (χ2n) is 4.35. The van der Waals surface area contributed by atoms with Gasteiger partial charge in [-0.1, -0.05) is 75.2 Å². The van der Waals surface area contributed by atoms with E-state index in [1.165, 1.54) is 16.7 Å². The number of rotatable bonds is 4. The maximum absolute atomic E-state index is 3.82. The first-order valence-electron chi connectivity index (χ1n) is 6.17. The molecule has 0 aliphatic heterocycles. The summed E-state index contributed by atoms with van der Waals surface area (Å²) in [6.07, 6.45) is 2.09. The van der Waals surface area contributed by atoms with E-state index in [1.54, 1.807) is 0 Å². The van der Waals surface area contributed by atoms with E-state index in [9.17, 15) is 0 Å². The highest BCUT2D eigenvalue weighted by atomic mass is 79.9. The van der Waals surface area contributed by atoms with Crippen LogP contribution in [0.4, 0.5) is 0 Å². The largest absolute Gasteiger partial charge is 0.0835 e. The van der Waals surface area contributed by atoms with Gasteiger partial charge in [-0.05, 0) is 41.7 Å². The number of hydrogen-bond donors (Lipinski definition) is 0. The Balaban J connectivity index is 2.19. The highest BCUT2D eigenvalue weighted by molar-refractivity contribution is 9.10. The van der Waals surface area contributed by atoms with E-state index in [4.69, 9.17) is 0 Å². The minimum atomic E-state index is 0.378. The summed E-state index contributed by atoms with van der Waals surface area (Å²) >= 11 is 7.34. The van der Waals surface area contributed by atoms with Gasteiger partial charge in [-0.3, -0.25) is 0 Å². The molecule has 0 aliphatic carbocycles. The van der Waals surface area contributed by atoms with Crippen LogP contribution in [0.1, 0.15) is 28.4 Å². The molecule has 1 unspecified atom stereocenters. The minimum Gasteiger partial charge on any atom is -0.0835 e. The van der Waals surface area contributed by atoms with Crippen molar-refractivity contribution in [3.63, 3.8) is 0 Å². The Morgan fingerprint density at radius 2 is 1.83 bits per heavy atom. The lowest BCUT2D eigenvalue weighted by Crippen LogP contribution is -1.99. The molecule has 0 amide bonds. The summed E-state index contributed by atoms with van der Waals surface area (Å²) in [6.45, 7) is 2.21. The van der Waals surface area contributed by atoms with Crippen molar-refractivity contribution in [2.45, 2.75) is 24.6 Å². The zero-order valence-corrected chi connectivity index (χ0v) is 13.5. The van der Waals surface area contributed by atoms with E-state index in [2.05, 4.69) is 87.3 Å². The molecule has 2 aromatic rings. The minimum absolute atomic E-state index is 0.378. The van der Waals surface area contributed by atoms with Crippen molar-refractivity contribution in [1.82, 2.24) is 0 Å². The van der Waals surface area contributed by atoms with Crippen LogP contribution in [-0.4, -0.2) is 0 Å². The van der Waals surface area contributed by atoms with Gasteiger partial charge in [0.2, 0.25) is 0 Å². The summed E-state index contributed by atoms with van der Waals surface area (Å²) in [5.74, 6) is 0. The van der Waals surface area contributed by atoms with Gasteiger partial charge in [0, 0.05) is 9.30 Å². The van der Waals surface area contributed by atoms with Gasteiger partial charge >= 0.3 is 0 Å². The molecule has 18 heavy (non-hydrogen) atoms. The fourth-order valence-electron chi connectivity index (χ4n) is 2.14. The maximum atomic E-state index is 3.82. The smallest absolute Gasteiger partial charge is 0.0438 e. The van der Waals surface area contributed by atoms with Crippen LogP contribution in [0, 0.1) is 0 Å². The van der Waals surface area contributed by atoms with Crippen molar-refractivity contribution in [3.8, 4) is 0 Å². The van der Waals surface area contributed by atoms with Crippen LogP contribution in [0.25, 0.3) is 0 Å². The summed E-state index contributed by atoms with van der Waals surface area (Å²) in [5.41, 5.74) is 4.17. The molecule has 2 rings (SSSR count). The van der Waals surface area contributed by atoms with Crippen molar-refractivity contribution >= 4 is 31.9 Å². The number of aryl methyl sites for hydroxylation is 1. The molecule has 2 heteroatoms. The van der Waals surface area contributed by atoms with E-state index >= 15 is 0 Å². The average molecular weight is 368 g/mol. The van der Waals surface area contributed by atoms with Gasteiger partial charge < -0.3 is 0 Å². The maximum Gasteiger partial charge on any atom is 0.0438 e. The summed E-state index contributed by atoms with van der Waals surface area (Å²) in [4.78, 5) is 0.378. The summed E-state index contributed by atoms with van der Waals surface area (Å²) < 4.78 is 1.14. The standard InChI is InChI=1S/C16H16Br2/c1-2-13-7-3-4-9-15(13)16(18)11-12-6-5-8-14(17)10-12/h3-10,16H,2,11H2,1H3. The molecule has 0 aliphatic rings. The van der Waals surface area contributed by atoms with Crippen molar-refractivity contribution in [2.75, 3.05) is 0 Å². The van der Waals surface area contributed by atoms with Crippen LogP contribution in [-0.2, 0) is 12.8 Å². The lowest BCUT2D eigenvalue weighted by atomic mass is 9.98. The van der Waals surface area contributed by atoms with Gasteiger partial charge in [-0.25, -0.2) is 0 Å². The van der Waals surface area contributed by atoms with Crippen LogP contribution in [0.2, 0.25) is 0 Å². The van der Waals surface area contributed by atoms with Crippen LogP contribution >= 0.6 is 31.9 Å². The van der Waals surface area contributed by atoms with E-state index < -0.39 is 0 Å². The fraction of sp³-hybridized carbons (Fsp3) is 0.250. The lowest BCUT2D eigenvalue weighted by molar-refractivity contribution is 0.920. The Bertz CT molecular complexity index is 520. The second kappa shape index (κ2) is 6.53. The molecule has 0 saturated heterocycles. The Morgan fingerprint density at radius 3 is 2.56 bits per heavy atom. The van der Waals surface area contributed by atoms with E-state index in [0.29, 0.717) is 4.83 Å². The molecule has 0 spiro atoms. The highest BCUT2D eigenvalue weighted by Gasteiger charge is 2.11. The van der Waals surface area contributed by atoms with E-state index in [1.807, 2.05) is 0 Å². The van der Waals surface area contributed by atoms with Crippen molar-refractivity contribution in [1.29, 1.82) is 0 Å². The SMILES string of the molecule is CCc1ccccc1C(Br)Cc1cccc(Br)c1. The van der Waals surface area contributed by atoms with Gasteiger partial charge in [0.1, 0.15) is 0 Å². The van der Waals surface area contributed by atoms with Crippen LogP contribution < -0.4 is 0 Å². The summed E-state index contributed by atoms with van der Waals surface area (Å²) in [6, 6.07) is 17.2. The van der Waals surface area contributed by atoms with E-state index in [-0.39, 0.29) is 0 Å². The molecule has 2 aromatic carbocycles. The number of hydrogen-bond acceptors (Lipinski definition) is 0. The molecule has 0 heterocycles. The molecule has 94 valence electrons. The molecule has 0 saturated carbocycles. The molecular weight excluding hydrogens is 352 g/mol. The molecule has 0 N–H and O–H groups in total. The molecule has 0 bridgehead atoms. The fourth-order valence-corrected chi connectivity index (χ4v) is 3.41. The molecule has 0 fully saturated rings.